The Morgan fingerprint density at radius 2 is 1.44 bits per heavy atom. The molecule has 4 rings (SSSR count). The predicted molar refractivity (Wildman–Crippen MR) is 131 cm³/mol. The molecule has 0 saturated carbocycles. The van der Waals surface area contributed by atoms with Gasteiger partial charge in [0, 0.05) is 15.6 Å². The molecule has 0 aliphatic rings. The SMILES string of the molecule is CCOC(=O)C(O)c1c(C)cc2cc(-c3ccc(Cl)cc3)ccc2c1-c1ccc(Cl)cc1. The number of aliphatic hydroxyl groups is 1. The van der Waals surface area contributed by atoms with Crippen LogP contribution in [0.25, 0.3) is 33.0 Å². The number of halogens is 2. The Kier molecular flexibility index (Phi) is 6.52. The third-order valence-corrected chi connectivity index (χ3v) is 5.98. The van der Waals surface area contributed by atoms with Crippen LogP contribution >= 0.6 is 23.2 Å². The molecule has 0 aliphatic heterocycles. The van der Waals surface area contributed by atoms with E-state index in [1.54, 1.807) is 19.1 Å². The highest BCUT2D eigenvalue weighted by Gasteiger charge is 2.26. The van der Waals surface area contributed by atoms with Gasteiger partial charge in [-0.2, -0.15) is 0 Å². The number of fused-ring (bicyclic) bond motifs is 1. The Bertz CT molecular complexity index is 1280. The summed E-state index contributed by atoms with van der Waals surface area (Å²) < 4.78 is 5.10. The number of hydrogen-bond acceptors (Lipinski definition) is 3. The summed E-state index contributed by atoms with van der Waals surface area (Å²) in [5, 5.41) is 14.1. The van der Waals surface area contributed by atoms with E-state index >= 15 is 0 Å². The molecular weight excluding hydrogens is 443 g/mol. The third-order valence-electron chi connectivity index (χ3n) is 5.48. The fourth-order valence-electron chi connectivity index (χ4n) is 4.00. The van der Waals surface area contributed by atoms with Crippen LogP contribution in [-0.2, 0) is 9.53 Å². The summed E-state index contributed by atoms with van der Waals surface area (Å²) >= 11 is 12.1. The van der Waals surface area contributed by atoms with Crippen molar-refractivity contribution in [3.05, 3.63) is 94.0 Å². The maximum absolute atomic E-state index is 12.4. The van der Waals surface area contributed by atoms with Crippen LogP contribution in [0.3, 0.4) is 0 Å². The lowest BCUT2D eigenvalue weighted by Crippen LogP contribution is -2.17. The number of benzene rings is 4. The summed E-state index contributed by atoms with van der Waals surface area (Å²) in [4.78, 5) is 12.4. The molecule has 0 bridgehead atoms. The number of aryl methyl sites for hydroxylation is 1. The maximum atomic E-state index is 12.4. The molecule has 4 aromatic carbocycles. The number of esters is 1. The minimum atomic E-state index is -1.39. The Labute approximate surface area is 197 Å². The minimum Gasteiger partial charge on any atom is -0.464 e. The first-order valence-electron chi connectivity index (χ1n) is 10.3. The van der Waals surface area contributed by atoms with Gasteiger partial charge in [-0.15, -0.1) is 0 Å². The highest BCUT2D eigenvalue weighted by Crippen LogP contribution is 2.40. The molecule has 3 nitrogen and oxygen atoms in total. The van der Waals surface area contributed by atoms with Crippen LogP contribution < -0.4 is 0 Å². The first-order valence-corrected chi connectivity index (χ1v) is 11.1. The van der Waals surface area contributed by atoms with Crippen LogP contribution in [0.5, 0.6) is 0 Å². The molecule has 0 heterocycles. The quantitative estimate of drug-likeness (QED) is 0.313. The Morgan fingerprint density at radius 3 is 2.03 bits per heavy atom. The van der Waals surface area contributed by atoms with Crippen LogP contribution in [0.2, 0.25) is 10.0 Å². The molecule has 0 aliphatic carbocycles. The van der Waals surface area contributed by atoms with Gasteiger partial charge in [0.15, 0.2) is 6.10 Å². The van der Waals surface area contributed by atoms with Gasteiger partial charge >= 0.3 is 5.97 Å². The Balaban J connectivity index is 1.96. The van der Waals surface area contributed by atoms with E-state index in [4.69, 9.17) is 27.9 Å². The van der Waals surface area contributed by atoms with Crippen molar-refractivity contribution in [1.29, 1.82) is 0 Å². The number of carbonyl (C=O) groups is 1. The zero-order valence-electron chi connectivity index (χ0n) is 17.7. The van der Waals surface area contributed by atoms with Gasteiger partial charge in [0.25, 0.3) is 0 Å². The molecule has 5 heteroatoms. The van der Waals surface area contributed by atoms with Crippen LogP contribution in [0.15, 0.2) is 72.8 Å². The Hall–Kier alpha value is -2.85. The van der Waals surface area contributed by atoms with Crippen molar-refractivity contribution in [3.8, 4) is 22.3 Å². The second-order valence-corrected chi connectivity index (χ2v) is 8.46. The zero-order valence-corrected chi connectivity index (χ0v) is 19.2. The first-order chi connectivity index (χ1) is 15.4. The number of aliphatic hydroxyl groups excluding tert-OH is 1. The van der Waals surface area contributed by atoms with Gasteiger partial charge in [0.1, 0.15) is 0 Å². The fourth-order valence-corrected chi connectivity index (χ4v) is 4.26. The molecular formula is C27H22Cl2O3. The van der Waals surface area contributed by atoms with E-state index in [-0.39, 0.29) is 6.61 Å². The van der Waals surface area contributed by atoms with E-state index in [1.807, 2.05) is 61.5 Å². The standard InChI is InChI=1S/C27H22Cl2O3/c1-3-32-27(31)26(30)24-16(2)14-20-15-19(17-4-9-21(28)10-5-17)8-13-23(20)25(24)18-6-11-22(29)12-7-18/h4-15,26,30H,3H2,1-2H3. The van der Waals surface area contributed by atoms with Crippen LogP contribution in [0.1, 0.15) is 24.2 Å². The van der Waals surface area contributed by atoms with Gasteiger partial charge in [0.05, 0.1) is 6.61 Å². The van der Waals surface area contributed by atoms with Crippen molar-refractivity contribution in [2.45, 2.75) is 20.0 Å². The topological polar surface area (TPSA) is 46.5 Å². The second-order valence-electron chi connectivity index (χ2n) is 7.59. The molecule has 1 atom stereocenters. The van der Waals surface area contributed by atoms with Gasteiger partial charge in [-0.3, -0.25) is 0 Å². The summed E-state index contributed by atoms with van der Waals surface area (Å²) in [5.74, 6) is -0.664. The van der Waals surface area contributed by atoms with Gasteiger partial charge < -0.3 is 9.84 Å². The summed E-state index contributed by atoms with van der Waals surface area (Å²) in [6.45, 7) is 3.81. The summed E-state index contributed by atoms with van der Waals surface area (Å²) in [6, 6.07) is 23.2. The maximum Gasteiger partial charge on any atom is 0.339 e. The molecule has 162 valence electrons. The smallest absolute Gasteiger partial charge is 0.339 e. The molecule has 0 amide bonds. The van der Waals surface area contributed by atoms with E-state index in [9.17, 15) is 9.90 Å². The van der Waals surface area contributed by atoms with E-state index < -0.39 is 12.1 Å². The average molecular weight is 465 g/mol. The van der Waals surface area contributed by atoms with Crippen LogP contribution in [0.4, 0.5) is 0 Å². The summed E-state index contributed by atoms with van der Waals surface area (Å²) in [7, 11) is 0. The number of rotatable bonds is 5. The lowest BCUT2D eigenvalue weighted by Gasteiger charge is -2.20. The molecule has 1 N–H and O–H groups in total. The minimum absolute atomic E-state index is 0.198. The lowest BCUT2D eigenvalue weighted by atomic mass is 9.86. The number of ether oxygens (including phenoxy) is 1. The lowest BCUT2D eigenvalue weighted by molar-refractivity contribution is -0.153. The van der Waals surface area contributed by atoms with Crippen molar-refractivity contribution in [2.75, 3.05) is 6.61 Å². The van der Waals surface area contributed by atoms with Gasteiger partial charge in [-0.05, 0) is 82.8 Å². The molecule has 32 heavy (non-hydrogen) atoms. The van der Waals surface area contributed by atoms with Gasteiger partial charge in [-0.1, -0.05) is 65.7 Å². The molecule has 0 spiro atoms. The highest BCUT2D eigenvalue weighted by molar-refractivity contribution is 6.31. The molecule has 0 saturated heterocycles. The largest absolute Gasteiger partial charge is 0.464 e. The van der Waals surface area contributed by atoms with E-state index in [1.165, 1.54) is 0 Å². The van der Waals surface area contributed by atoms with Crippen molar-refractivity contribution in [1.82, 2.24) is 0 Å². The first kappa shape index (κ1) is 22.3. The van der Waals surface area contributed by atoms with E-state index in [0.717, 1.165) is 38.6 Å². The second kappa shape index (κ2) is 9.33. The van der Waals surface area contributed by atoms with Crippen molar-refractivity contribution in [2.24, 2.45) is 0 Å². The van der Waals surface area contributed by atoms with Crippen molar-refractivity contribution < 1.29 is 14.6 Å². The average Bonchev–Trinajstić information content (AvgIpc) is 2.78. The molecule has 0 fully saturated rings. The fraction of sp³-hybridized carbons (Fsp3) is 0.148. The van der Waals surface area contributed by atoms with Crippen molar-refractivity contribution >= 4 is 39.9 Å². The van der Waals surface area contributed by atoms with Crippen LogP contribution in [-0.4, -0.2) is 17.7 Å². The van der Waals surface area contributed by atoms with Gasteiger partial charge in [-0.25, -0.2) is 4.79 Å². The molecule has 1 unspecified atom stereocenters. The van der Waals surface area contributed by atoms with Crippen LogP contribution in [0, 0.1) is 6.92 Å². The summed E-state index contributed by atoms with van der Waals surface area (Å²) in [6.07, 6.45) is -1.39. The third kappa shape index (κ3) is 4.37. The molecule has 4 aromatic rings. The van der Waals surface area contributed by atoms with Gasteiger partial charge in [0.2, 0.25) is 0 Å². The molecule has 0 radical (unpaired) electrons. The monoisotopic (exact) mass is 464 g/mol. The van der Waals surface area contributed by atoms with E-state index in [0.29, 0.717) is 15.6 Å². The zero-order chi connectivity index (χ0) is 22.8. The predicted octanol–water partition coefficient (Wildman–Crippen LogP) is 7.39. The van der Waals surface area contributed by atoms with Crippen molar-refractivity contribution in [3.63, 3.8) is 0 Å². The normalized spacial score (nSPS) is 12.0. The highest BCUT2D eigenvalue weighted by atomic mass is 35.5. The van der Waals surface area contributed by atoms with E-state index in [2.05, 4.69) is 6.07 Å². The summed E-state index contributed by atoms with van der Waals surface area (Å²) in [5.41, 5.74) is 5.10. The number of hydrogen-bond donors (Lipinski definition) is 1. The number of carbonyl (C=O) groups excluding carboxylic acids is 1. The molecule has 0 aromatic heterocycles. The Morgan fingerprint density at radius 1 is 0.875 bits per heavy atom.